The van der Waals surface area contributed by atoms with E-state index in [9.17, 15) is 14.4 Å². The second kappa shape index (κ2) is 5.38. The quantitative estimate of drug-likeness (QED) is 0.616. The maximum atomic E-state index is 11.3. The first-order valence-electron chi connectivity index (χ1n) is 5.54. The summed E-state index contributed by atoms with van der Waals surface area (Å²) < 4.78 is 10.1. The SMILES string of the molecule is O=C(O)CCC(=O)Oc1ccc2c(c1)NC(=O)CO2. The zero-order valence-corrected chi connectivity index (χ0v) is 9.84. The first-order valence-corrected chi connectivity index (χ1v) is 5.54. The van der Waals surface area contributed by atoms with Gasteiger partial charge < -0.3 is 19.9 Å². The van der Waals surface area contributed by atoms with Crippen LogP contribution in [0.25, 0.3) is 0 Å². The molecule has 19 heavy (non-hydrogen) atoms. The van der Waals surface area contributed by atoms with E-state index in [0.29, 0.717) is 11.4 Å². The van der Waals surface area contributed by atoms with Crippen molar-refractivity contribution in [2.75, 3.05) is 11.9 Å². The zero-order chi connectivity index (χ0) is 13.8. The number of ether oxygens (including phenoxy) is 2. The molecule has 0 fully saturated rings. The summed E-state index contributed by atoms with van der Waals surface area (Å²) in [6.07, 6.45) is -0.501. The van der Waals surface area contributed by atoms with Crippen LogP contribution in [0.4, 0.5) is 5.69 Å². The van der Waals surface area contributed by atoms with Gasteiger partial charge in [0.1, 0.15) is 11.5 Å². The molecule has 0 atom stereocenters. The van der Waals surface area contributed by atoms with Gasteiger partial charge in [0.2, 0.25) is 0 Å². The number of nitrogens with one attached hydrogen (secondary N) is 1. The molecule has 0 saturated carbocycles. The summed E-state index contributed by atoms with van der Waals surface area (Å²) in [5.74, 6) is -1.29. The minimum atomic E-state index is -1.07. The van der Waals surface area contributed by atoms with Gasteiger partial charge in [-0.1, -0.05) is 0 Å². The van der Waals surface area contributed by atoms with E-state index in [1.54, 1.807) is 6.07 Å². The summed E-state index contributed by atoms with van der Waals surface area (Å²) in [6, 6.07) is 4.52. The minimum Gasteiger partial charge on any atom is -0.482 e. The standard InChI is InChI=1S/C12H11NO6/c14-10-6-18-9-2-1-7(5-8(9)13-10)19-12(17)4-3-11(15)16/h1-2,5H,3-4,6H2,(H,13,14)(H,15,16). The Balaban J connectivity index is 2.01. The Morgan fingerprint density at radius 1 is 1.37 bits per heavy atom. The fraction of sp³-hybridized carbons (Fsp3) is 0.250. The number of anilines is 1. The molecule has 0 aromatic heterocycles. The Hall–Kier alpha value is -2.57. The predicted molar refractivity (Wildman–Crippen MR) is 63.1 cm³/mol. The smallest absolute Gasteiger partial charge is 0.311 e. The van der Waals surface area contributed by atoms with Crippen molar-refractivity contribution in [3.63, 3.8) is 0 Å². The van der Waals surface area contributed by atoms with Crippen molar-refractivity contribution in [1.82, 2.24) is 0 Å². The Bertz CT molecular complexity index is 539. The Labute approximate surface area is 108 Å². The third-order valence-corrected chi connectivity index (χ3v) is 2.36. The van der Waals surface area contributed by atoms with Crippen LogP contribution in [0, 0.1) is 0 Å². The van der Waals surface area contributed by atoms with Gasteiger partial charge in [0.25, 0.3) is 5.91 Å². The van der Waals surface area contributed by atoms with Crippen LogP contribution in [0.3, 0.4) is 0 Å². The van der Waals surface area contributed by atoms with Crippen LogP contribution in [0.2, 0.25) is 0 Å². The predicted octanol–water partition coefficient (Wildman–Crippen LogP) is 0.788. The average Bonchev–Trinajstić information content (AvgIpc) is 2.36. The number of amides is 1. The lowest BCUT2D eigenvalue weighted by Gasteiger charge is -2.18. The van der Waals surface area contributed by atoms with E-state index in [-0.39, 0.29) is 31.1 Å². The second-order valence-corrected chi connectivity index (χ2v) is 3.86. The summed E-state index contributed by atoms with van der Waals surface area (Å²) >= 11 is 0. The van der Waals surface area contributed by atoms with Gasteiger partial charge >= 0.3 is 11.9 Å². The Kier molecular flexibility index (Phi) is 3.65. The first-order chi connectivity index (χ1) is 9.04. The number of carbonyl (C=O) groups excluding carboxylic acids is 2. The number of carboxylic acid groups (broad SMARTS) is 1. The Morgan fingerprint density at radius 2 is 2.16 bits per heavy atom. The van der Waals surface area contributed by atoms with Crippen LogP contribution in [-0.2, 0) is 14.4 Å². The van der Waals surface area contributed by atoms with Gasteiger partial charge in [-0.15, -0.1) is 0 Å². The fourth-order valence-electron chi connectivity index (χ4n) is 1.52. The summed E-state index contributed by atoms with van der Waals surface area (Å²) in [4.78, 5) is 32.8. The molecule has 2 N–H and O–H groups in total. The third kappa shape index (κ3) is 3.44. The van der Waals surface area contributed by atoms with Gasteiger partial charge in [-0.25, -0.2) is 0 Å². The highest BCUT2D eigenvalue weighted by Gasteiger charge is 2.17. The minimum absolute atomic E-state index is 0.0508. The van der Waals surface area contributed by atoms with Gasteiger partial charge in [0.05, 0.1) is 18.5 Å². The van der Waals surface area contributed by atoms with E-state index in [0.717, 1.165) is 0 Å². The fourth-order valence-corrected chi connectivity index (χ4v) is 1.52. The van der Waals surface area contributed by atoms with E-state index in [4.69, 9.17) is 14.6 Å². The highest BCUT2D eigenvalue weighted by atomic mass is 16.5. The number of aliphatic carboxylic acids is 1. The molecule has 0 spiro atoms. The molecule has 7 nitrogen and oxygen atoms in total. The number of rotatable bonds is 4. The van der Waals surface area contributed by atoms with Crippen LogP contribution in [0.15, 0.2) is 18.2 Å². The van der Waals surface area contributed by atoms with E-state index in [1.165, 1.54) is 12.1 Å². The number of carboxylic acids is 1. The molecule has 1 aromatic carbocycles. The molecule has 0 aliphatic carbocycles. The maximum Gasteiger partial charge on any atom is 0.311 e. The van der Waals surface area contributed by atoms with Gasteiger partial charge in [0, 0.05) is 6.07 Å². The highest BCUT2D eigenvalue weighted by molar-refractivity contribution is 5.95. The van der Waals surface area contributed by atoms with Crippen molar-refractivity contribution in [2.24, 2.45) is 0 Å². The van der Waals surface area contributed by atoms with E-state index < -0.39 is 11.9 Å². The molecule has 7 heteroatoms. The second-order valence-electron chi connectivity index (χ2n) is 3.86. The van der Waals surface area contributed by atoms with Crippen molar-refractivity contribution < 1.29 is 29.0 Å². The van der Waals surface area contributed by atoms with Crippen molar-refractivity contribution in [2.45, 2.75) is 12.8 Å². The van der Waals surface area contributed by atoms with Crippen LogP contribution in [0.1, 0.15) is 12.8 Å². The monoisotopic (exact) mass is 265 g/mol. The van der Waals surface area contributed by atoms with Gasteiger partial charge in [-0.2, -0.15) is 0 Å². The van der Waals surface area contributed by atoms with Crippen molar-refractivity contribution in [3.8, 4) is 11.5 Å². The third-order valence-electron chi connectivity index (χ3n) is 2.36. The van der Waals surface area contributed by atoms with Gasteiger partial charge in [0.15, 0.2) is 6.61 Å². The zero-order valence-electron chi connectivity index (χ0n) is 9.84. The topological polar surface area (TPSA) is 102 Å². The Morgan fingerprint density at radius 3 is 2.89 bits per heavy atom. The molecule has 0 unspecified atom stereocenters. The summed E-state index contributed by atoms with van der Waals surface area (Å²) in [6.45, 7) is -0.0508. The van der Waals surface area contributed by atoms with Crippen molar-refractivity contribution in [1.29, 1.82) is 0 Å². The summed E-state index contributed by atoms with van der Waals surface area (Å²) in [7, 11) is 0. The van der Waals surface area contributed by atoms with Crippen molar-refractivity contribution >= 4 is 23.5 Å². The highest BCUT2D eigenvalue weighted by Crippen LogP contribution is 2.31. The van der Waals surface area contributed by atoms with Gasteiger partial charge in [-0.3, -0.25) is 14.4 Å². The molecule has 2 rings (SSSR count). The number of benzene rings is 1. The van der Waals surface area contributed by atoms with Crippen LogP contribution >= 0.6 is 0 Å². The summed E-state index contributed by atoms with van der Waals surface area (Å²) in [5.41, 5.74) is 0.416. The van der Waals surface area contributed by atoms with E-state index in [2.05, 4.69) is 5.32 Å². The molecule has 1 aromatic rings. The lowest BCUT2D eigenvalue weighted by molar-refractivity contribution is -0.142. The number of carbonyl (C=O) groups is 3. The number of esters is 1. The maximum absolute atomic E-state index is 11.3. The number of fused-ring (bicyclic) bond motifs is 1. The lowest BCUT2D eigenvalue weighted by atomic mass is 10.2. The molecule has 0 radical (unpaired) electrons. The van der Waals surface area contributed by atoms with Crippen LogP contribution < -0.4 is 14.8 Å². The molecule has 0 saturated heterocycles. The first kappa shape index (κ1) is 12.9. The molecular formula is C12H11NO6. The normalized spacial score (nSPS) is 12.9. The average molecular weight is 265 g/mol. The lowest BCUT2D eigenvalue weighted by Crippen LogP contribution is -2.25. The molecule has 1 amide bonds. The van der Waals surface area contributed by atoms with Crippen molar-refractivity contribution in [3.05, 3.63) is 18.2 Å². The summed E-state index contributed by atoms with van der Waals surface area (Å²) in [5, 5.41) is 11.0. The molecule has 1 heterocycles. The number of hydrogen-bond acceptors (Lipinski definition) is 5. The number of hydrogen-bond donors (Lipinski definition) is 2. The van der Waals surface area contributed by atoms with E-state index >= 15 is 0 Å². The van der Waals surface area contributed by atoms with Crippen LogP contribution in [-0.4, -0.2) is 29.6 Å². The van der Waals surface area contributed by atoms with E-state index in [1.807, 2.05) is 0 Å². The van der Waals surface area contributed by atoms with Gasteiger partial charge in [-0.05, 0) is 12.1 Å². The largest absolute Gasteiger partial charge is 0.482 e. The molecule has 1 aliphatic rings. The van der Waals surface area contributed by atoms with Crippen LogP contribution in [0.5, 0.6) is 11.5 Å². The molecule has 100 valence electrons. The molecule has 1 aliphatic heterocycles. The molecule has 0 bridgehead atoms. The molecular weight excluding hydrogens is 254 g/mol.